The molecule has 0 atom stereocenters. The summed E-state index contributed by atoms with van der Waals surface area (Å²) in [6.07, 6.45) is 0. The Hall–Kier alpha value is -2.54. The average molecular weight is 449 g/mol. The molecule has 0 unspecified atom stereocenters. The zero-order valence-corrected chi connectivity index (χ0v) is 18.1. The molecule has 0 bridgehead atoms. The first-order valence-electron chi connectivity index (χ1n) is 8.85. The van der Waals surface area contributed by atoms with Crippen molar-refractivity contribution in [3.05, 3.63) is 58.1 Å². The van der Waals surface area contributed by atoms with E-state index in [4.69, 9.17) is 9.47 Å². The summed E-state index contributed by atoms with van der Waals surface area (Å²) < 4.78 is 11.6. The van der Waals surface area contributed by atoms with Crippen molar-refractivity contribution in [2.45, 2.75) is 33.1 Å². The van der Waals surface area contributed by atoms with Gasteiger partial charge >= 0.3 is 0 Å². The largest absolute Gasteiger partial charge is 0.484 e. The molecule has 0 saturated heterocycles. The summed E-state index contributed by atoms with van der Waals surface area (Å²) in [4.78, 5) is 23.6. The van der Waals surface area contributed by atoms with Gasteiger partial charge in [0.25, 0.3) is 11.8 Å². The Balaban J connectivity index is 1.74. The molecule has 2 aromatic carbocycles. The average Bonchev–Trinajstić information content (AvgIpc) is 2.63. The van der Waals surface area contributed by atoms with Crippen molar-refractivity contribution in [1.82, 2.24) is 10.9 Å². The second kappa shape index (κ2) is 9.59. The lowest BCUT2D eigenvalue weighted by Gasteiger charge is -2.20. The zero-order valence-electron chi connectivity index (χ0n) is 16.5. The van der Waals surface area contributed by atoms with Crippen LogP contribution >= 0.6 is 15.9 Å². The van der Waals surface area contributed by atoms with Crippen LogP contribution in [0.15, 0.2) is 46.9 Å². The fourth-order valence-electron chi connectivity index (χ4n) is 2.29. The van der Waals surface area contributed by atoms with Crippen molar-refractivity contribution >= 4 is 27.7 Å². The van der Waals surface area contributed by atoms with Crippen molar-refractivity contribution in [1.29, 1.82) is 0 Å². The third-order valence-electron chi connectivity index (χ3n) is 3.86. The first-order valence-corrected chi connectivity index (χ1v) is 9.64. The van der Waals surface area contributed by atoms with Crippen LogP contribution < -0.4 is 20.3 Å². The molecule has 0 radical (unpaired) electrons. The zero-order chi connectivity index (χ0) is 20.7. The molecule has 2 N–H and O–H groups in total. The number of hydrazine groups is 1. The van der Waals surface area contributed by atoms with E-state index < -0.39 is 11.8 Å². The molecule has 0 aliphatic heterocycles. The van der Waals surface area contributed by atoms with E-state index in [1.165, 1.54) is 0 Å². The molecular formula is C21H25BrN2O4. The second-order valence-electron chi connectivity index (χ2n) is 7.39. The lowest BCUT2D eigenvalue weighted by molar-refractivity contribution is -0.131. The van der Waals surface area contributed by atoms with Crippen LogP contribution in [0.5, 0.6) is 11.5 Å². The molecule has 0 saturated carbocycles. The highest BCUT2D eigenvalue weighted by Crippen LogP contribution is 2.31. The summed E-state index contributed by atoms with van der Waals surface area (Å²) in [5, 5.41) is 0. The predicted molar refractivity (Wildman–Crippen MR) is 111 cm³/mol. The number of hydrogen-bond donors (Lipinski definition) is 2. The van der Waals surface area contributed by atoms with Crippen molar-refractivity contribution in [3.63, 3.8) is 0 Å². The van der Waals surface area contributed by atoms with Gasteiger partial charge in [0.15, 0.2) is 13.2 Å². The first kappa shape index (κ1) is 21.8. The molecule has 150 valence electrons. The van der Waals surface area contributed by atoms with E-state index >= 15 is 0 Å². The van der Waals surface area contributed by atoms with E-state index in [0.717, 1.165) is 15.6 Å². The lowest BCUT2D eigenvalue weighted by Crippen LogP contribution is -2.45. The summed E-state index contributed by atoms with van der Waals surface area (Å²) in [5.41, 5.74) is 6.79. The Morgan fingerprint density at radius 1 is 0.964 bits per heavy atom. The number of nitrogens with one attached hydrogen (secondary N) is 2. The van der Waals surface area contributed by atoms with Gasteiger partial charge in [-0.1, -0.05) is 39.0 Å². The van der Waals surface area contributed by atoms with Gasteiger partial charge < -0.3 is 9.47 Å². The molecule has 28 heavy (non-hydrogen) atoms. The van der Waals surface area contributed by atoms with Crippen molar-refractivity contribution in [3.8, 4) is 11.5 Å². The van der Waals surface area contributed by atoms with E-state index in [9.17, 15) is 9.59 Å². The molecule has 0 aliphatic rings. The number of carbonyl (C=O) groups is 2. The van der Waals surface area contributed by atoms with Gasteiger partial charge in [-0.25, -0.2) is 0 Å². The van der Waals surface area contributed by atoms with Crippen LogP contribution in [0.4, 0.5) is 0 Å². The van der Waals surface area contributed by atoms with Crippen molar-refractivity contribution in [2.75, 3.05) is 13.2 Å². The summed E-state index contributed by atoms with van der Waals surface area (Å²) >= 11 is 3.46. The quantitative estimate of drug-likeness (QED) is 0.661. The number of benzene rings is 2. The van der Waals surface area contributed by atoms with Crippen LogP contribution in [0.1, 0.15) is 31.9 Å². The number of ether oxygens (including phenoxy) is 2. The highest BCUT2D eigenvalue weighted by atomic mass is 79.9. The van der Waals surface area contributed by atoms with Gasteiger partial charge in [-0.15, -0.1) is 0 Å². The maximum absolute atomic E-state index is 11.9. The Bertz CT molecular complexity index is 847. The minimum absolute atomic E-state index is 0.0171. The van der Waals surface area contributed by atoms with Gasteiger partial charge in [0.05, 0.1) is 4.47 Å². The van der Waals surface area contributed by atoms with Gasteiger partial charge in [-0.3, -0.25) is 20.4 Å². The molecule has 2 aromatic rings. The molecule has 2 rings (SSSR count). The fourth-order valence-corrected chi connectivity index (χ4v) is 2.79. The minimum atomic E-state index is -0.476. The number of aryl methyl sites for hydroxylation is 1. The van der Waals surface area contributed by atoms with E-state index in [0.29, 0.717) is 11.5 Å². The summed E-state index contributed by atoms with van der Waals surface area (Å²) in [6, 6.07) is 13.1. The van der Waals surface area contributed by atoms with Crippen LogP contribution in [-0.2, 0) is 15.0 Å². The monoisotopic (exact) mass is 448 g/mol. The van der Waals surface area contributed by atoms with Crippen LogP contribution in [0.3, 0.4) is 0 Å². The van der Waals surface area contributed by atoms with E-state index in [1.807, 2.05) is 43.3 Å². The third kappa shape index (κ3) is 6.88. The number of rotatable bonds is 6. The smallest absolute Gasteiger partial charge is 0.276 e. The van der Waals surface area contributed by atoms with Gasteiger partial charge in [0, 0.05) is 0 Å². The molecule has 0 aromatic heterocycles. The van der Waals surface area contributed by atoms with E-state index in [1.54, 1.807) is 6.07 Å². The summed E-state index contributed by atoms with van der Waals surface area (Å²) in [5.74, 6) is 0.201. The maximum atomic E-state index is 11.9. The SMILES string of the molecule is Cc1cccc(OCC(=O)NNC(=O)COc2ccc(C(C)(C)C)cc2Br)c1. The summed E-state index contributed by atoms with van der Waals surface area (Å²) in [6.45, 7) is 7.86. The summed E-state index contributed by atoms with van der Waals surface area (Å²) in [7, 11) is 0. The molecule has 2 amide bonds. The van der Waals surface area contributed by atoms with Crippen LogP contribution in [0, 0.1) is 6.92 Å². The lowest BCUT2D eigenvalue weighted by atomic mass is 9.87. The van der Waals surface area contributed by atoms with Gasteiger partial charge in [-0.2, -0.15) is 0 Å². The van der Waals surface area contributed by atoms with E-state index in [-0.39, 0.29) is 18.6 Å². The predicted octanol–water partition coefficient (Wildman–Crippen LogP) is 3.66. The molecule has 0 fully saturated rings. The normalized spacial score (nSPS) is 10.9. The van der Waals surface area contributed by atoms with E-state index in [2.05, 4.69) is 47.6 Å². The molecule has 6 nitrogen and oxygen atoms in total. The third-order valence-corrected chi connectivity index (χ3v) is 4.48. The Labute approximate surface area is 173 Å². The molecule has 0 heterocycles. The number of hydrogen-bond acceptors (Lipinski definition) is 4. The second-order valence-corrected chi connectivity index (χ2v) is 8.24. The van der Waals surface area contributed by atoms with Crippen molar-refractivity contribution in [2.24, 2.45) is 0 Å². The van der Waals surface area contributed by atoms with Gasteiger partial charge in [0.1, 0.15) is 11.5 Å². The number of carbonyl (C=O) groups excluding carboxylic acids is 2. The molecular weight excluding hydrogens is 424 g/mol. The van der Waals surface area contributed by atoms with Gasteiger partial charge in [-0.05, 0) is 63.7 Å². The molecule has 0 aliphatic carbocycles. The van der Waals surface area contributed by atoms with Gasteiger partial charge in [0.2, 0.25) is 0 Å². The fraction of sp³-hybridized carbons (Fsp3) is 0.333. The topological polar surface area (TPSA) is 76.7 Å². The number of halogens is 1. The minimum Gasteiger partial charge on any atom is -0.484 e. The Morgan fingerprint density at radius 3 is 2.18 bits per heavy atom. The van der Waals surface area contributed by atoms with Crippen LogP contribution in [-0.4, -0.2) is 25.0 Å². The number of amides is 2. The van der Waals surface area contributed by atoms with Crippen LogP contribution in [0.25, 0.3) is 0 Å². The van der Waals surface area contributed by atoms with Crippen LogP contribution in [0.2, 0.25) is 0 Å². The highest BCUT2D eigenvalue weighted by molar-refractivity contribution is 9.10. The Kier molecular flexibility index (Phi) is 7.45. The Morgan fingerprint density at radius 2 is 1.61 bits per heavy atom. The van der Waals surface area contributed by atoms with Crippen molar-refractivity contribution < 1.29 is 19.1 Å². The highest BCUT2D eigenvalue weighted by Gasteiger charge is 2.15. The maximum Gasteiger partial charge on any atom is 0.276 e. The molecule has 7 heteroatoms. The molecule has 0 spiro atoms. The standard InChI is InChI=1S/C21H25BrN2O4/c1-14-6-5-7-16(10-14)27-12-19(25)23-24-20(26)13-28-18-9-8-15(11-17(18)22)21(2,3)4/h5-11H,12-13H2,1-4H3,(H,23,25)(H,24,26). The first-order chi connectivity index (χ1) is 13.1.